The van der Waals surface area contributed by atoms with E-state index in [9.17, 15) is 4.79 Å². The minimum atomic E-state index is 0.0796. The summed E-state index contributed by atoms with van der Waals surface area (Å²) >= 11 is 1.41. The molecule has 1 aliphatic heterocycles. The van der Waals surface area contributed by atoms with Gasteiger partial charge in [0, 0.05) is 30.0 Å². The van der Waals surface area contributed by atoms with Crippen LogP contribution >= 0.6 is 11.8 Å². The number of nitrogens with zero attached hydrogens (tertiary/aromatic N) is 4. The third kappa shape index (κ3) is 4.09. The van der Waals surface area contributed by atoms with Crippen molar-refractivity contribution in [3.05, 3.63) is 47.3 Å². The summed E-state index contributed by atoms with van der Waals surface area (Å²) in [6, 6.07) is 9.76. The summed E-state index contributed by atoms with van der Waals surface area (Å²) < 4.78 is 7.63. The van der Waals surface area contributed by atoms with Gasteiger partial charge >= 0.3 is 0 Å². The number of ether oxygens (including phenoxy) is 1. The first-order chi connectivity index (χ1) is 14.6. The van der Waals surface area contributed by atoms with Crippen LogP contribution in [0.1, 0.15) is 41.0 Å². The number of aromatic nitrogens is 4. The summed E-state index contributed by atoms with van der Waals surface area (Å²) in [7, 11) is 1.66. The molecule has 0 aliphatic carbocycles. The van der Waals surface area contributed by atoms with Crippen LogP contribution in [0.25, 0.3) is 5.69 Å². The number of thioether (sulfide) groups is 1. The Balaban J connectivity index is 1.66. The highest BCUT2D eigenvalue weighted by Gasteiger charge is 2.24. The number of anilines is 1. The van der Waals surface area contributed by atoms with Crippen LogP contribution in [0.3, 0.4) is 0 Å². The van der Waals surface area contributed by atoms with E-state index < -0.39 is 0 Å². The Kier molecular flexibility index (Phi) is 6.13. The largest absolute Gasteiger partial charge is 0.495 e. The minimum Gasteiger partial charge on any atom is -0.495 e. The van der Waals surface area contributed by atoms with E-state index in [1.165, 1.54) is 18.2 Å². The molecule has 0 saturated carbocycles. The number of carbonyl (C=O) groups excluding carboxylic acids is 1. The summed E-state index contributed by atoms with van der Waals surface area (Å²) in [5.41, 5.74) is 3.51. The molecule has 0 radical (unpaired) electrons. The molecule has 1 aromatic carbocycles. The van der Waals surface area contributed by atoms with Gasteiger partial charge < -0.3 is 14.6 Å². The van der Waals surface area contributed by atoms with Crippen LogP contribution in [0, 0.1) is 13.8 Å². The van der Waals surface area contributed by atoms with Gasteiger partial charge in [0.2, 0.25) is 5.95 Å². The second-order valence-corrected chi connectivity index (χ2v) is 8.48. The predicted octanol–water partition coefficient (Wildman–Crippen LogP) is 4.19. The van der Waals surface area contributed by atoms with Gasteiger partial charge in [0.15, 0.2) is 10.9 Å². The number of H-pyrrole nitrogens is 1. The molecule has 7 nitrogen and oxygen atoms in total. The van der Waals surface area contributed by atoms with Crippen LogP contribution in [0.15, 0.2) is 35.5 Å². The van der Waals surface area contributed by atoms with Gasteiger partial charge in [-0.25, -0.2) is 0 Å². The third-order valence-electron chi connectivity index (χ3n) is 5.36. The average molecular weight is 426 g/mol. The highest BCUT2D eigenvalue weighted by Crippen LogP contribution is 2.33. The Morgan fingerprint density at radius 3 is 2.63 bits per heavy atom. The van der Waals surface area contributed by atoms with Gasteiger partial charge in [-0.2, -0.15) is 0 Å². The van der Waals surface area contributed by atoms with Crippen LogP contribution in [-0.2, 0) is 0 Å². The number of nitrogens with one attached hydrogen (secondary N) is 1. The number of ketones is 1. The molecule has 2 aromatic heterocycles. The van der Waals surface area contributed by atoms with Crippen molar-refractivity contribution in [3.63, 3.8) is 0 Å². The van der Waals surface area contributed by atoms with Crippen LogP contribution in [0.2, 0.25) is 0 Å². The summed E-state index contributed by atoms with van der Waals surface area (Å²) in [4.78, 5) is 18.3. The molecule has 3 aromatic rings. The normalized spacial score (nSPS) is 14.2. The Morgan fingerprint density at radius 2 is 1.93 bits per heavy atom. The fraction of sp³-hybridized carbons (Fsp3) is 0.409. The number of para-hydroxylation sites is 2. The highest BCUT2D eigenvalue weighted by atomic mass is 32.2. The van der Waals surface area contributed by atoms with Gasteiger partial charge in [-0.3, -0.25) is 9.36 Å². The van der Waals surface area contributed by atoms with Crippen molar-refractivity contribution in [2.24, 2.45) is 0 Å². The SMILES string of the molecule is COc1ccccc1-n1c(SCC(=O)c2cc(C)[nH]c2C)nnc1N1CCCCC1. The number of Topliss-reactive ketones (excluding diaryl/α,β-unsaturated/α-hetero) is 1. The third-order valence-corrected chi connectivity index (χ3v) is 6.29. The number of carbonyl (C=O) groups is 1. The van der Waals surface area contributed by atoms with Gasteiger partial charge in [0.05, 0.1) is 18.6 Å². The molecule has 3 heterocycles. The second kappa shape index (κ2) is 8.95. The van der Waals surface area contributed by atoms with E-state index >= 15 is 0 Å². The maximum atomic E-state index is 12.8. The van der Waals surface area contributed by atoms with Gasteiger partial charge in [-0.1, -0.05) is 23.9 Å². The molecular weight excluding hydrogens is 398 g/mol. The van der Waals surface area contributed by atoms with E-state index in [0.29, 0.717) is 10.9 Å². The Labute approximate surface area is 180 Å². The average Bonchev–Trinajstić information content (AvgIpc) is 3.35. The van der Waals surface area contributed by atoms with Crippen LogP contribution in [0.5, 0.6) is 5.75 Å². The summed E-state index contributed by atoms with van der Waals surface area (Å²) in [6.07, 6.45) is 3.53. The molecule has 1 saturated heterocycles. The number of rotatable bonds is 7. The summed E-state index contributed by atoms with van der Waals surface area (Å²) in [6.45, 7) is 5.80. The van der Waals surface area contributed by atoms with Crippen molar-refractivity contribution in [2.45, 2.75) is 38.3 Å². The van der Waals surface area contributed by atoms with E-state index in [4.69, 9.17) is 4.74 Å². The molecular formula is C22H27N5O2S. The molecule has 0 bridgehead atoms. The molecule has 1 fully saturated rings. The maximum Gasteiger partial charge on any atom is 0.232 e. The van der Waals surface area contributed by atoms with E-state index in [1.807, 2.05) is 48.7 Å². The molecule has 8 heteroatoms. The lowest BCUT2D eigenvalue weighted by atomic mass is 10.1. The fourth-order valence-electron chi connectivity index (χ4n) is 3.90. The number of benzene rings is 1. The smallest absolute Gasteiger partial charge is 0.232 e. The van der Waals surface area contributed by atoms with E-state index in [-0.39, 0.29) is 5.78 Å². The highest BCUT2D eigenvalue weighted by molar-refractivity contribution is 7.99. The van der Waals surface area contributed by atoms with E-state index in [2.05, 4.69) is 20.1 Å². The van der Waals surface area contributed by atoms with Crippen molar-refractivity contribution < 1.29 is 9.53 Å². The van der Waals surface area contributed by atoms with Crippen molar-refractivity contribution in [1.29, 1.82) is 0 Å². The number of aryl methyl sites for hydroxylation is 2. The number of hydrogen-bond donors (Lipinski definition) is 1. The zero-order valence-electron chi connectivity index (χ0n) is 17.6. The Bertz CT molecular complexity index is 1040. The Morgan fingerprint density at radius 1 is 1.17 bits per heavy atom. The molecule has 158 valence electrons. The maximum absolute atomic E-state index is 12.8. The topological polar surface area (TPSA) is 76.0 Å². The standard InChI is InChI=1S/C22H27N5O2S/c1-15-13-17(16(2)23-15)19(28)14-30-22-25-24-21(26-11-7-4-8-12-26)27(22)18-9-5-6-10-20(18)29-3/h5-6,9-10,13,23H,4,7-8,11-12,14H2,1-3H3. The van der Waals surface area contributed by atoms with E-state index in [0.717, 1.165) is 60.3 Å². The van der Waals surface area contributed by atoms with Crippen LogP contribution in [-0.4, -0.2) is 51.5 Å². The lowest BCUT2D eigenvalue weighted by molar-refractivity contribution is 0.102. The van der Waals surface area contributed by atoms with Crippen molar-refractivity contribution >= 4 is 23.5 Å². The number of methoxy groups -OCH3 is 1. The fourth-order valence-corrected chi connectivity index (χ4v) is 4.72. The van der Waals surface area contributed by atoms with Crippen LogP contribution in [0.4, 0.5) is 5.95 Å². The van der Waals surface area contributed by atoms with Gasteiger partial charge in [-0.15, -0.1) is 10.2 Å². The van der Waals surface area contributed by atoms with Gasteiger partial charge in [-0.05, 0) is 51.3 Å². The van der Waals surface area contributed by atoms with Crippen LogP contribution < -0.4 is 9.64 Å². The lowest BCUT2D eigenvalue weighted by Crippen LogP contribution is -2.31. The van der Waals surface area contributed by atoms with Crippen molar-refractivity contribution in [2.75, 3.05) is 30.9 Å². The van der Waals surface area contributed by atoms with Crippen molar-refractivity contribution in [3.8, 4) is 11.4 Å². The van der Waals surface area contributed by atoms with E-state index in [1.54, 1.807) is 7.11 Å². The second-order valence-electron chi connectivity index (χ2n) is 7.54. The molecule has 1 aliphatic rings. The predicted molar refractivity (Wildman–Crippen MR) is 119 cm³/mol. The molecule has 30 heavy (non-hydrogen) atoms. The molecule has 4 rings (SSSR count). The lowest BCUT2D eigenvalue weighted by Gasteiger charge is -2.28. The minimum absolute atomic E-state index is 0.0796. The first-order valence-corrected chi connectivity index (χ1v) is 11.2. The summed E-state index contributed by atoms with van der Waals surface area (Å²) in [5, 5.41) is 9.66. The van der Waals surface area contributed by atoms with Gasteiger partial charge in [0.25, 0.3) is 0 Å². The monoisotopic (exact) mass is 425 g/mol. The first-order valence-electron chi connectivity index (χ1n) is 10.2. The molecule has 0 amide bonds. The number of hydrogen-bond acceptors (Lipinski definition) is 6. The summed E-state index contributed by atoms with van der Waals surface area (Å²) in [5.74, 6) is 1.94. The number of aromatic amines is 1. The zero-order valence-corrected chi connectivity index (χ0v) is 18.5. The molecule has 0 atom stereocenters. The zero-order chi connectivity index (χ0) is 21.1. The quantitative estimate of drug-likeness (QED) is 0.452. The first kappa shape index (κ1) is 20.5. The van der Waals surface area contributed by atoms with Gasteiger partial charge in [0.1, 0.15) is 5.75 Å². The molecule has 0 spiro atoms. The number of piperidine rings is 1. The molecule has 0 unspecified atom stereocenters. The Hall–Kier alpha value is -2.74. The molecule has 1 N–H and O–H groups in total. The van der Waals surface area contributed by atoms with Crippen molar-refractivity contribution in [1.82, 2.24) is 19.7 Å².